The maximum atomic E-state index is 10.9. The first-order valence-electron chi connectivity index (χ1n) is 5.85. The van der Waals surface area contributed by atoms with Gasteiger partial charge in [0.25, 0.3) is 6.17 Å². The van der Waals surface area contributed by atoms with E-state index >= 15 is 0 Å². The highest BCUT2D eigenvalue weighted by Crippen LogP contribution is 2.31. The molecule has 19 heavy (non-hydrogen) atoms. The zero-order valence-corrected chi connectivity index (χ0v) is 10.4. The normalized spacial score (nSPS) is 14.6. The van der Waals surface area contributed by atoms with E-state index in [1.165, 1.54) is 6.92 Å². The molecule has 1 aromatic carbocycles. The van der Waals surface area contributed by atoms with Crippen LogP contribution in [0.4, 0.5) is 0 Å². The first kappa shape index (κ1) is 13.1. The molecule has 0 fully saturated rings. The lowest BCUT2D eigenvalue weighted by Gasteiger charge is -2.19. The first-order valence-corrected chi connectivity index (χ1v) is 5.85. The Hall–Kier alpha value is -2.31. The number of hydrogen-bond acceptors (Lipinski definition) is 5. The second kappa shape index (κ2) is 5.55. The number of rotatable bonds is 4. The number of fused-ring (bicyclic) bond motifs is 1. The summed E-state index contributed by atoms with van der Waals surface area (Å²) in [4.78, 5) is 21.3. The van der Waals surface area contributed by atoms with Crippen molar-refractivity contribution >= 4 is 5.91 Å². The number of nitrogens with one attached hydrogen (secondary N) is 1. The number of carbonyl (C=O) groups is 1. The molecular formula is C12H14N2O5. The second-order valence-electron chi connectivity index (χ2n) is 4.18. The van der Waals surface area contributed by atoms with Crippen LogP contribution < -0.4 is 14.8 Å². The Balaban J connectivity index is 2.12. The van der Waals surface area contributed by atoms with Crippen molar-refractivity contribution in [2.24, 2.45) is 0 Å². The van der Waals surface area contributed by atoms with Gasteiger partial charge in [0.15, 0.2) is 11.5 Å². The Labute approximate surface area is 109 Å². The summed E-state index contributed by atoms with van der Waals surface area (Å²) >= 11 is 0. The number of nitro groups is 1. The summed E-state index contributed by atoms with van der Waals surface area (Å²) in [6.45, 7) is 2.21. The summed E-state index contributed by atoms with van der Waals surface area (Å²) in [5, 5.41) is 13.2. The van der Waals surface area contributed by atoms with Gasteiger partial charge in [0.05, 0.1) is 6.42 Å². The molecule has 1 unspecified atom stereocenters. The quantitative estimate of drug-likeness (QED) is 0.493. The molecule has 0 aromatic heterocycles. The van der Waals surface area contributed by atoms with Crippen LogP contribution >= 0.6 is 0 Å². The van der Waals surface area contributed by atoms with Crippen molar-refractivity contribution in [1.29, 1.82) is 0 Å². The van der Waals surface area contributed by atoms with Crippen LogP contribution in [0.15, 0.2) is 18.2 Å². The van der Waals surface area contributed by atoms with Crippen molar-refractivity contribution in [2.75, 3.05) is 13.2 Å². The van der Waals surface area contributed by atoms with Crippen LogP contribution in [0.2, 0.25) is 0 Å². The lowest BCUT2D eigenvalue weighted by Crippen LogP contribution is -2.40. The lowest BCUT2D eigenvalue weighted by molar-refractivity contribution is -0.526. The van der Waals surface area contributed by atoms with Crippen molar-refractivity contribution in [1.82, 2.24) is 5.32 Å². The van der Waals surface area contributed by atoms with Crippen LogP contribution in [0, 0.1) is 10.1 Å². The van der Waals surface area contributed by atoms with Gasteiger partial charge in [-0.25, -0.2) is 0 Å². The largest absolute Gasteiger partial charge is 0.486 e. The smallest absolute Gasteiger partial charge is 0.290 e. The average Bonchev–Trinajstić information content (AvgIpc) is 2.37. The molecule has 1 aromatic rings. The summed E-state index contributed by atoms with van der Waals surface area (Å²) in [5.74, 6) is 0.778. The molecule has 0 aliphatic carbocycles. The Morgan fingerprint density at radius 1 is 1.42 bits per heavy atom. The third-order valence-electron chi connectivity index (χ3n) is 2.66. The maximum Gasteiger partial charge on any atom is 0.290 e. The second-order valence-corrected chi connectivity index (χ2v) is 4.18. The van der Waals surface area contributed by atoms with Gasteiger partial charge in [0.2, 0.25) is 5.91 Å². The van der Waals surface area contributed by atoms with Crippen LogP contribution in [-0.2, 0) is 11.2 Å². The van der Waals surface area contributed by atoms with E-state index in [-0.39, 0.29) is 6.42 Å². The lowest BCUT2D eigenvalue weighted by atomic mass is 10.1. The standard InChI is InChI=1S/C12H14N2O5/c1-8(15)13-12(14(16)17)7-9-2-3-10-11(6-9)19-5-4-18-10/h2-3,6,12H,4-5,7H2,1H3,(H,13,15). The third-order valence-corrected chi connectivity index (χ3v) is 2.66. The summed E-state index contributed by atoms with van der Waals surface area (Å²) < 4.78 is 10.8. The fourth-order valence-corrected chi connectivity index (χ4v) is 1.85. The average molecular weight is 266 g/mol. The highest BCUT2D eigenvalue weighted by Gasteiger charge is 2.22. The minimum atomic E-state index is -1.14. The van der Waals surface area contributed by atoms with E-state index in [1.807, 2.05) is 0 Å². The van der Waals surface area contributed by atoms with E-state index in [4.69, 9.17) is 9.47 Å². The van der Waals surface area contributed by atoms with E-state index in [0.29, 0.717) is 30.3 Å². The highest BCUT2D eigenvalue weighted by atomic mass is 16.6. The monoisotopic (exact) mass is 266 g/mol. The van der Waals surface area contributed by atoms with Crippen molar-refractivity contribution in [2.45, 2.75) is 19.5 Å². The molecule has 2 rings (SSSR count). The van der Waals surface area contributed by atoms with Crippen LogP contribution in [0.3, 0.4) is 0 Å². The van der Waals surface area contributed by atoms with Gasteiger partial charge in [-0.1, -0.05) is 6.07 Å². The van der Waals surface area contributed by atoms with E-state index in [2.05, 4.69) is 5.32 Å². The highest BCUT2D eigenvalue weighted by molar-refractivity contribution is 5.73. The molecule has 1 aliphatic rings. The van der Waals surface area contributed by atoms with Crippen molar-refractivity contribution in [3.63, 3.8) is 0 Å². The summed E-state index contributed by atoms with van der Waals surface area (Å²) in [6.07, 6.45) is -1.04. The van der Waals surface area contributed by atoms with Gasteiger partial charge in [0.1, 0.15) is 13.2 Å². The van der Waals surface area contributed by atoms with Crippen LogP contribution in [-0.4, -0.2) is 30.2 Å². The Morgan fingerprint density at radius 3 is 2.74 bits per heavy atom. The van der Waals surface area contributed by atoms with Crippen LogP contribution in [0.25, 0.3) is 0 Å². The molecular weight excluding hydrogens is 252 g/mol. The van der Waals surface area contributed by atoms with Gasteiger partial charge in [0, 0.05) is 11.8 Å². The molecule has 1 N–H and O–H groups in total. The number of carbonyl (C=O) groups excluding carboxylic acids is 1. The number of hydrogen-bond donors (Lipinski definition) is 1. The van der Waals surface area contributed by atoms with E-state index in [1.54, 1.807) is 18.2 Å². The SMILES string of the molecule is CC(=O)NC(Cc1ccc2c(c1)OCCO2)[N+](=O)[O-]. The maximum absolute atomic E-state index is 10.9. The fourth-order valence-electron chi connectivity index (χ4n) is 1.85. The van der Waals surface area contributed by atoms with Gasteiger partial charge in [-0.15, -0.1) is 0 Å². The number of ether oxygens (including phenoxy) is 2. The molecule has 0 saturated carbocycles. The van der Waals surface area contributed by atoms with E-state index in [0.717, 1.165) is 0 Å². The molecule has 1 atom stereocenters. The van der Waals surface area contributed by atoms with Crippen molar-refractivity contribution in [3.05, 3.63) is 33.9 Å². The molecule has 7 heteroatoms. The van der Waals surface area contributed by atoms with Gasteiger partial charge < -0.3 is 9.47 Å². The molecule has 0 saturated heterocycles. The molecule has 1 amide bonds. The zero-order chi connectivity index (χ0) is 13.8. The van der Waals surface area contributed by atoms with Crippen LogP contribution in [0.1, 0.15) is 12.5 Å². The Bertz CT molecular complexity index is 503. The Morgan fingerprint density at radius 2 is 2.11 bits per heavy atom. The number of benzene rings is 1. The molecule has 0 radical (unpaired) electrons. The molecule has 0 spiro atoms. The van der Waals surface area contributed by atoms with Gasteiger partial charge in [-0.2, -0.15) is 0 Å². The van der Waals surface area contributed by atoms with Crippen molar-refractivity contribution < 1.29 is 19.2 Å². The van der Waals surface area contributed by atoms with E-state index in [9.17, 15) is 14.9 Å². The minimum Gasteiger partial charge on any atom is -0.486 e. The molecule has 0 bridgehead atoms. The van der Waals surface area contributed by atoms with Gasteiger partial charge in [-0.3, -0.25) is 20.2 Å². The molecule has 102 valence electrons. The van der Waals surface area contributed by atoms with Crippen molar-refractivity contribution in [3.8, 4) is 11.5 Å². The first-order chi connectivity index (χ1) is 9.06. The van der Waals surface area contributed by atoms with E-state index < -0.39 is 17.0 Å². The topological polar surface area (TPSA) is 90.7 Å². The van der Waals surface area contributed by atoms with Gasteiger partial charge in [-0.05, 0) is 17.7 Å². The molecule has 1 heterocycles. The fraction of sp³-hybridized carbons (Fsp3) is 0.417. The molecule has 1 aliphatic heterocycles. The number of amides is 1. The summed E-state index contributed by atoms with van der Waals surface area (Å²) in [6, 6.07) is 5.15. The third kappa shape index (κ3) is 3.34. The van der Waals surface area contributed by atoms with Crippen LogP contribution in [0.5, 0.6) is 11.5 Å². The predicted octanol–water partition coefficient (Wildman–Crippen LogP) is 0.739. The minimum absolute atomic E-state index is 0.100. The summed E-state index contributed by atoms with van der Waals surface area (Å²) in [7, 11) is 0. The molecule has 7 nitrogen and oxygen atoms in total. The Kier molecular flexibility index (Phi) is 3.84. The van der Waals surface area contributed by atoms with Gasteiger partial charge >= 0.3 is 0 Å². The summed E-state index contributed by atoms with van der Waals surface area (Å²) in [5.41, 5.74) is 0.708. The number of nitrogens with zero attached hydrogens (tertiary/aromatic N) is 1. The zero-order valence-electron chi connectivity index (χ0n) is 10.4. The predicted molar refractivity (Wildman–Crippen MR) is 65.7 cm³/mol.